The monoisotopic (exact) mass is 301 g/mol. The number of halogens is 3. The molecule has 0 spiro atoms. The van der Waals surface area contributed by atoms with Crippen molar-refractivity contribution in [3.8, 4) is 0 Å². The van der Waals surface area contributed by atoms with E-state index in [4.69, 9.17) is 0 Å². The summed E-state index contributed by atoms with van der Waals surface area (Å²) in [5.74, 6) is -0.984. The molecule has 1 atom stereocenters. The smallest absolute Gasteiger partial charge is 0.393 e. The second-order valence-corrected chi connectivity index (χ2v) is 5.54. The number of hydrogen-bond donors (Lipinski definition) is 2. The molecule has 1 fully saturated rings. The highest BCUT2D eigenvalue weighted by atomic mass is 19.4. The largest absolute Gasteiger partial charge is 0.397 e. The lowest BCUT2D eigenvalue weighted by Crippen LogP contribution is -2.48. The Morgan fingerprint density at radius 2 is 1.90 bits per heavy atom. The molecule has 2 N–H and O–H groups in total. The molecule has 1 aliphatic carbocycles. The Hall–Kier alpha value is -1.56. The molecule has 1 amide bonds. The van der Waals surface area contributed by atoms with Gasteiger partial charge in [0.25, 0.3) is 0 Å². The van der Waals surface area contributed by atoms with Crippen LogP contribution in [0.3, 0.4) is 0 Å². The Kier molecular flexibility index (Phi) is 4.88. The number of nitrogens with one attached hydrogen (secondary N) is 1. The highest BCUT2D eigenvalue weighted by molar-refractivity contribution is 5.77. The van der Waals surface area contributed by atoms with Crippen molar-refractivity contribution in [3.63, 3.8) is 0 Å². The molecule has 0 heterocycles. The third-order valence-electron chi connectivity index (χ3n) is 3.72. The Balaban J connectivity index is 1.97. The minimum absolute atomic E-state index is 0.0254. The number of hydrogen-bond acceptors (Lipinski definition) is 2. The standard InChI is InChI=1S/C15H18F3NO2/c16-15(17,18)9-14(21)19-13(11-7-12(20)8-11)6-10-4-2-1-3-5-10/h1-5,11-13,20H,6-9H2,(H,19,21). The van der Waals surface area contributed by atoms with Crippen LogP contribution >= 0.6 is 0 Å². The summed E-state index contributed by atoms with van der Waals surface area (Å²) in [7, 11) is 0. The normalized spacial score (nSPS) is 23.2. The highest BCUT2D eigenvalue weighted by Crippen LogP contribution is 2.32. The molecule has 1 aliphatic rings. The lowest BCUT2D eigenvalue weighted by Gasteiger charge is -2.38. The van der Waals surface area contributed by atoms with Gasteiger partial charge < -0.3 is 10.4 Å². The third-order valence-corrected chi connectivity index (χ3v) is 3.72. The SMILES string of the molecule is O=C(CC(F)(F)F)NC(Cc1ccccc1)C1CC(O)C1. The van der Waals surface area contributed by atoms with Crippen molar-refractivity contribution in [2.45, 2.75) is 44.0 Å². The lowest BCUT2D eigenvalue weighted by atomic mass is 9.75. The average Bonchev–Trinajstić information content (AvgIpc) is 2.33. The van der Waals surface area contributed by atoms with Gasteiger partial charge in [-0.15, -0.1) is 0 Å². The van der Waals surface area contributed by atoms with Gasteiger partial charge >= 0.3 is 6.18 Å². The van der Waals surface area contributed by atoms with Crippen molar-refractivity contribution >= 4 is 5.91 Å². The molecule has 0 radical (unpaired) electrons. The minimum Gasteiger partial charge on any atom is -0.393 e. The number of carbonyl (C=O) groups excluding carboxylic acids is 1. The van der Waals surface area contributed by atoms with Crippen LogP contribution in [0.2, 0.25) is 0 Å². The Bertz CT molecular complexity index is 470. The molecule has 0 saturated heterocycles. The Labute approximate surface area is 121 Å². The van der Waals surface area contributed by atoms with Crippen LogP contribution in [-0.2, 0) is 11.2 Å². The van der Waals surface area contributed by atoms with Crippen LogP contribution in [0.15, 0.2) is 30.3 Å². The number of rotatable bonds is 5. The first-order chi connectivity index (χ1) is 9.83. The molecule has 3 nitrogen and oxygen atoms in total. The van der Waals surface area contributed by atoms with Gasteiger partial charge in [-0.25, -0.2) is 0 Å². The second-order valence-electron chi connectivity index (χ2n) is 5.54. The highest BCUT2D eigenvalue weighted by Gasteiger charge is 2.37. The molecule has 1 unspecified atom stereocenters. The maximum absolute atomic E-state index is 12.2. The number of benzene rings is 1. The summed E-state index contributed by atoms with van der Waals surface area (Å²) < 4.78 is 36.7. The molecule has 116 valence electrons. The van der Waals surface area contributed by atoms with Gasteiger partial charge in [-0.2, -0.15) is 13.2 Å². The number of amides is 1. The molecule has 1 aromatic carbocycles. The second kappa shape index (κ2) is 6.47. The maximum atomic E-state index is 12.2. The van der Waals surface area contributed by atoms with Gasteiger partial charge in [-0.05, 0) is 30.7 Å². The summed E-state index contributed by atoms with van der Waals surface area (Å²) >= 11 is 0. The molecular weight excluding hydrogens is 283 g/mol. The summed E-state index contributed by atoms with van der Waals surface area (Å²) in [5, 5.41) is 11.8. The van der Waals surface area contributed by atoms with Gasteiger partial charge in [-0.3, -0.25) is 4.79 Å². The van der Waals surface area contributed by atoms with Gasteiger partial charge in [0.1, 0.15) is 6.42 Å². The Morgan fingerprint density at radius 1 is 1.29 bits per heavy atom. The molecule has 2 rings (SSSR count). The first kappa shape index (κ1) is 15.8. The third kappa shape index (κ3) is 5.04. The zero-order chi connectivity index (χ0) is 15.5. The fraction of sp³-hybridized carbons (Fsp3) is 0.533. The van der Waals surface area contributed by atoms with Crippen LogP contribution in [-0.4, -0.2) is 29.3 Å². The number of aliphatic hydroxyl groups excluding tert-OH is 1. The summed E-state index contributed by atoms with van der Waals surface area (Å²) in [5.41, 5.74) is 0.955. The topological polar surface area (TPSA) is 49.3 Å². The van der Waals surface area contributed by atoms with Crippen molar-refractivity contribution in [1.82, 2.24) is 5.32 Å². The van der Waals surface area contributed by atoms with Gasteiger partial charge in [0.2, 0.25) is 5.91 Å². The molecule has 1 saturated carbocycles. The first-order valence-electron chi connectivity index (χ1n) is 6.91. The fourth-order valence-electron chi connectivity index (χ4n) is 2.60. The van der Waals surface area contributed by atoms with E-state index in [1.807, 2.05) is 30.3 Å². The minimum atomic E-state index is -4.50. The predicted molar refractivity (Wildman–Crippen MR) is 71.5 cm³/mol. The van der Waals surface area contributed by atoms with E-state index in [9.17, 15) is 23.1 Å². The van der Waals surface area contributed by atoms with Crippen molar-refractivity contribution < 1.29 is 23.1 Å². The van der Waals surface area contributed by atoms with E-state index in [2.05, 4.69) is 5.32 Å². The van der Waals surface area contributed by atoms with Crippen LogP contribution < -0.4 is 5.32 Å². The molecule has 6 heteroatoms. The van der Waals surface area contributed by atoms with Gasteiger partial charge in [-0.1, -0.05) is 30.3 Å². The van der Waals surface area contributed by atoms with Crippen molar-refractivity contribution in [2.75, 3.05) is 0 Å². The van der Waals surface area contributed by atoms with E-state index in [-0.39, 0.29) is 12.0 Å². The molecule has 0 aliphatic heterocycles. The van der Waals surface area contributed by atoms with Crippen molar-refractivity contribution in [3.05, 3.63) is 35.9 Å². The molecule has 0 aromatic heterocycles. The molecule has 21 heavy (non-hydrogen) atoms. The first-order valence-corrected chi connectivity index (χ1v) is 6.91. The van der Waals surface area contributed by atoms with Crippen LogP contribution in [0.25, 0.3) is 0 Å². The van der Waals surface area contributed by atoms with Crippen LogP contribution in [0.1, 0.15) is 24.8 Å². The van der Waals surface area contributed by atoms with E-state index in [0.717, 1.165) is 5.56 Å². The summed E-state index contributed by atoms with van der Waals surface area (Å²) in [6.45, 7) is 0. The van der Waals surface area contributed by atoms with E-state index < -0.39 is 24.6 Å². The van der Waals surface area contributed by atoms with Crippen molar-refractivity contribution in [2.24, 2.45) is 5.92 Å². The van der Waals surface area contributed by atoms with E-state index in [0.29, 0.717) is 19.3 Å². The summed E-state index contributed by atoms with van der Waals surface area (Å²) in [6, 6.07) is 8.92. The van der Waals surface area contributed by atoms with E-state index >= 15 is 0 Å². The Morgan fingerprint density at radius 3 is 2.43 bits per heavy atom. The predicted octanol–water partition coefficient (Wildman–Crippen LogP) is 2.44. The number of carbonyl (C=O) groups is 1. The summed E-state index contributed by atoms with van der Waals surface area (Å²) in [6.07, 6.45) is -4.86. The zero-order valence-corrected chi connectivity index (χ0v) is 11.4. The molecule has 1 aromatic rings. The average molecular weight is 301 g/mol. The van der Waals surface area contributed by atoms with Gasteiger partial charge in [0, 0.05) is 6.04 Å². The van der Waals surface area contributed by atoms with E-state index in [1.165, 1.54) is 0 Å². The number of aliphatic hydroxyl groups is 1. The quantitative estimate of drug-likeness (QED) is 0.877. The maximum Gasteiger partial charge on any atom is 0.397 e. The molecular formula is C15H18F3NO2. The summed E-state index contributed by atoms with van der Waals surface area (Å²) in [4.78, 5) is 11.5. The van der Waals surface area contributed by atoms with Crippen LogP contribution in [0, 0.1) is 5.92 Å². The fourth-order valence-corrected chi connectivity index (χ4v) is 2.60. The lowest BCUT2D eigenvalue weighted by molar-refractivity contribution is -0.154. The van der Waals surface area contributed by atoms with Gasteiger partial charge in [0.05, 0.1) is 6.10 Å². The van der Waals surface area contributed by atoms with E-state index in [1.54, 1.807) is 0 Å². The van der Waals surface area contributed by atoms with Crippen LogP contribution in [0.4, 0.5) is 13.2 Å². The zero-order valence-electron chi connectivity index (χ0n) is 11.4. The number of alkyl halides is 3. The van der Waals surface area contributed by atoms with Crippen LogP contribution in [0.5, 0.6) is 0 Å². The molecule has 0 bridgehead atoms. The van der Waals surface area contributed by atoms with Gasteiger partial charge in [0.15, 0.2) is 0 Å². The van der Waals surface area contributed by atoms with Crippen molar-refractivity contribution in [1.29, 1.82) is 0 Å².